The quantitative estimate of drug-likeness (QED) is 0.759. The summed E-state index contributed by atoms with van der Waals surface area (Å²) in [5.74, 6) is 0.509. The fourth-order valence-electron chi connectivity index (χ4n) is 3.05. The van der Waals surface area contributed by atoms with Gasteiger partial charge in [-0.25, -0.2) is 0 Å². The molecule has 2 aliphatic rings. The van der Waals surface area contributed by atoms with Crippen LogP contribution in [0.3, 0.4) is 0 Å². The normalized spacial score (nSPS) is 41.4. The van der Waals surface area contributed by atoms with E-state index in [2.05, 4.69) is 24.2 Å². The van der Waals surface area contributed by atoms with Gasteiger partial charge in [-0.3, -0.25) is 0 Å². The molecule has 1 saturated carbocycles. The average molecular weight is 226 g/mol. The molecule has 3 heteroatoms. The summed E-state index contributed by atoms with van der Waals surface area (Å²) in [5, 5.41) is 13.4. The molecule has 0 spiro atoms. The van der Waals surface area contributed by atoms with Gasteiger partial charge in [0.2, 0.25) is 0 Å². The van der Waals surface area contributed by atoms with Crippen molar-refractivity contribution in [2.45, 2.75) is 57.2 Å². The van der Waals surface area contributed by atoms with E-state index in [1.165, 1.54) is 32.2 Å². The molecule has 0 bridgehead atoms. The molecule has 1 aliphatic heterocycles. The smallest absolute Gasteiger partial charge is 0.0580 e. The van der Waals surface area contributed by atoms with Crippen molar-refractivity contribution in [2.24, 2.45) is 5.92 Å². The summed E-state index contributed by atoms with van der Waals surface area (Å²) in [6.07, 6.45) is 5.88. The molecule has 1 aliphatic carbocycles. The number of nitrogens with zero attached hydrogens (tertiary/aromatic N) is 1. The lowest BCUT2D eigenvalue weighted by Gasteiger charge is -2.36. The first-order valence-corrected chi connectivity index (χ1v) is 6.78. The Hall–Kier alpha value is -0.120. The fraction of sp³-hybridized carbons (Fsp3) is 1.00. The molecule has 0 radical (unpaired) electrons. The topological polar surface area (TPSA) is 35.5 Å². The van der Waals surface area contributed by atoms with Gasteiger partial charge < -0.3 is 15.3 Å². The lowest BCUT2D eigenvalue weighted by Crippen LogP contribution is -2.47. The molecule has 94 valence electrons. The van der Waals surface area contributed by atoms with E-state index in [-0.39, 0.29) is 6.10 Å². The van der Waals surface area contributed by atoms with Crippen LogP contribution >= 0.6 is 0 Å². The first kappa shape index (κ1) is 12.3. The number of rotatable bonds is 3. The van der Waals surface area contributed by atoms with Crippen molar-refractivity contribution in [1.29, 1.82) is 0 Å². The Morgan fingerprint density at radius 2 is 2.12 bits per heavy atom. The van der Waals surface area contributed by atoms with Crippen molar-refractivity contribution in [3.63, 3.8) is 0 Å². The molecular formula is C13H26N2O. The molecule has 0 amide bonds. The Labute approximate surface area is 99.2 Å². The van der Waals surface area contributed by atoms with Gasteiger partial charge >= 0.3 is 0 Å². The van der Waals surface area contributed by atoms with Gasteiger partial charge in [-0.15, -0.1) is 0 Å². The van der Waals surface area contributed by atoms with Gasteiger partial charge in [0.1, 0.15) is 0 Å². The third-order valence-electron chi connectivity index (χ3n) is 4.50. The van der Waals surface area contributed by atoms with Crippen LogP contribution in [0.1, 0.15) is 39.0 Å². The fourth-order valence-corrected chi connectivity index (χ4v) is 3.05. The van der Waals surface area contributed by atoms with Crippen LogP contribution in [0.2, 0.25) is 0 Å². The molecule has 1 heterocycles. The SMILES string of the molecule is CC1CC(NCC2CCCC2O)CCN1C. The zero-order chi connectivity index (χ0) is 11.5. The molecule has 16 heavy (non-hydrogen) atoms. The van der Waals surface area contributed by atoms with E-state index in [0.29, 0.717) is 18.0 Å². The van der Waals surface area contributed by atoms with Crippen molar-refractivity contribution >= 4 is 0 Å². The Bertz CT molecular complexity index is 222. The van der Waals surface area contributed by atoms with Crippen molar-refractivity contribution in [3.05, 3.63) is 0 Å². The van der Waals surface area contributed by atoms with Crippen LogP contribution in [0.5, 0.6) is 0 Å². The molecule has 2 rings (SSSR count). The van der Waals surface area contributed by atoms with E-state index in [4.69, 9.17) is 0 Å². The molecule has 1 saturated heterocycles. The van der Waals surface area contributed by atoms with Crippen molar-refractivity contribution in [3.8, 4) is 0 Å². The van der Waals surface area contributed by atoms with Crippen LogP contribution in [-0.4, -0.2) is 48.3 Å². The maximum atomic E-state index is 9.76. The van der Waals surface area contributed by atoms with Gasteiger partial charge in [-0.2, -0.15) is 0 Å². The molecule has 3 nitrogen and oxygen atoms in total. The highest BCUT2D eigenvalue weighted by Crippen LogP contribution is 2.25. The molecule has 2 fully saturated rings. The summed E-state index contributed by atoms with van der Waals surface area (Å²) in [7, 11) is 2.21. The predicted molar refractivity (Wildman–Crippen MR) is 66.5 cm³/mol. The van der Waals surface area contributed by atoms with Crippen molar-refractivity contribution in [2.75, 3.05) is 20.1 Å². The molecule has 0 aromatic heterocycles. The maximum absolute atomic E-state index is 9.76. The molecule has 2 N–H and O–H groups in total. The van der Waals surface area contributed by atoms with E-state index in [1.807, 2.05) is 0 Å². The van der Waals surface area contributed by atoms with Gasteiger partial charge in [0, 0.05) is 18.6 Å². The predicted octanol–water partition coefficient (Wildman–Crippen LogP) is 1.22. The Kier molecular flexibility index (Phi) is 4.22. The number of hydrogen-bond acceptors (Lipinski definition) is 3. The van der Waals surface area contributed by atoms with Gasteiger partial charge in [0.15, 0.2) is 0 Å². The number of aliphatic hydroxyl groups excluding tert-OH is 1. The standard InChI is InChI=1S/C13H26N2O/c1-10-8-12(6-7-15(10)2)14-9-11-4-3-5-13(11)16/h10-14,16H,3-9H2,1-2H3. The van der Waals surface area contributed by atoms with Crippen LogP contribution in [0.25, 0.3) is 0 Å². The first-order valence-electron chi connectivity index (χ1n) is 6.78. The number of likely N-dealkylation sites (tertiary alicyclic amines) is 1. The zero-order valence-electron chi connectivity index (χ0n) is 10.7. The summed E-state index contributed by atoms with van der Waals surface area (Å²) in [6.45, 7) is 4.52. The van der Waals surface area contributed by atoms with E-state index in [1.54, 1.807) is 0 Å². The minimum atomic E-state index is -0.0452. The second-order valence-corrected chi connectivity index (χ2v) is 5.72. The van der Waals surface area contributed by atoms with Crippen LogP contribution in [-0.2, 0) is 0 Å². The second-order valence-electron chi connectivity index (χ2n) is 5.72. The Balaban J connectivity index is 1.70. The number of aliphatic hydroxyl groups is 1. The molecule has 4 atom stereocenters. The number of piperidine rings is 1. The molecule has 0 aromatic rings. The van der Waals surface area contributed by atoms with Gasteiger partial charge in [0.25, 0.3) is 0 Å². The van der Waals surface area contributed by atoms with Crippen LogP contribution in [0.4, 0.5) is 0 Å². The average Bonchev–Trinajstić information content (AvgIpc) is 2.66. The van der Waals surface area contributed by atoms with E-state index in [0.717, 1.165) is 13.0 Å². The van der Waals surface area contributed by atoms with Gasteiger partial charge in [0.05, 0.1) is 6.10 Å². The Morgan fingerprint density at radius 1 is 1.31 bits per heavy atom. The van der Waals surface area contributed by atoms with Crippen molar-refractivity contribution < 1.29 is 5.11 Å². The van der Waals surface area contributed by atoms with Crippen LogP contribution < -0.4 is 5.32 Å². The van der Waals surface area contributed by atoms with Crippen LogP contribution in [0, 0.1) is 5.92 Å². The lowest BCUT2D eigenvalue weighted by molar-refractivity contribution is 0.121. The van der Waals surface area contributed by atoms with Gasteiger partial charge in [-0.1, -0.05) is 6.42 Å². The van der Waals surface area contributed by atoms with E-state index >= 15 is 0 Å². The highest BCUT2D eigenvalue weighted by atomic mass is 16.3. The van der Waals surface area contributed by atoms with Crippen LogP contribution in [0.15, 0.2) is 0 Å². The molecule has 0 aromatic carbocycles. The highest BCUT2D eigenvalue weighted by Gasteiger charge is 2.27. The highest BCUT2D eigenvalue weighted by molar-refractivity contribution is 4.84. The zero-order valence-corrected chi connectivity index (χ0v) is 10.7. The van der Waals surface area contributed by atoms with E-state index in [9.17, 15) is 5.11 Å². The summed E-state index contributed by atoms with van der Waals surface area (Å²) in [6, 6.07) is 1.36. The minimum Gasteiger partial charge on any atom is -0.393 e. The second kappa shape index (κ2) is 5.48. The first-order chi connectivity index (χ1) is 7.66. The van der Waals surface area contributed by atoms with Gasteiger partial charge in [-0.05, 0) is 52.1 Å². The number of hydrogen-bond donors (Lipinski definition) is 2. The van der Waals surface area contributed by atoms with Crippen molar-refractivity contribution in [1.82, 2.24) is 10.2 Å². The van der Waals surface area contributed by atoms with E-state index < -0.39 is 0 Å². The third-order valence-corrected chi connectivity index (χ3v) is 4.50. The summed E-state index contributed by atoms with van der Waals surface area (Å²) in [4.78, 5) is 2.43. The largest absolute Gasteiger partial charge is 0.393 e. The lowest BCUT2D eigenvalue weighted by atomic mass is 9.97. The summed E-state index contributed by atoms with van der Waals surface area (Å²) in [5.41, 5.74) is 0. The summed E-state index contributed by atoms with van der Waals surface area (Å²) >= 11 is 0. The number of nitrogens with one attached hydrogen (secondary N) is 1. The minimum absolute atomic E-state index is 0.0452. The maximum Gasteiger partial charge on any atom is 0.0580 e. The Morgan fingerprint density at radius 3 is 2.75 bits per heavy atom. The monoisotopic (exact) mass is 226 g/mol. The summed E-state index contributed by atoms with van der Waals surface area (Å²) < 4.78 is 0. The molecular weight excluding hydrogens is 200 g/mol. The molecule has 4 unspecified atom stereocenters. The third kappa shape index (κ3) is 2.96.